The summed E-state index contributed by atoms with van der Waals surface area (Å²) in [6.45, 7) is 12.2. The topological polar surface area (TPSA) is 18.5 Å². The zero-order valence-corrected chi connectivity index (χ0v) is 18.4. The number of ether oxygens (including phenoxy) is 2. The van der Waals surface area contributed by atoms with Crippen LogP contribution in [0.4, 0.5) is 0 Å². The lowest BCUT2D eigenvalue weighted by atomic mass is 9.87. The van der Waals surface area contributed by atoms with Crippen molar-refractivity contribution in [2.45, 2.75) is 98.7 Å². The quantitative estimate of drug-likeness (QED) is 0.397. The van der Waals surface area contributed by atoms with Crippen LogP contribution in [0, 0.1) is 17.3 Å². The van der Waals surface area contributed by atoms with Crippen LogP contribution < -0.4 is 4.74 Å². The van der Waals surface area contributed by atoms with Gasteiger partial charge in [0.2, 0.25) is 0 Å². The molecule has 0 N–H and O–H groups in total. The molecule has 0 bridgehead atoms. The fourth-order valence-corrected chi connectivity index (χ4v) is 3.78. The van der Waals surface area contributed by atoms with Crippen LogP contribution in [0.2, 0.25) is 0 Å². The van der Waals surface area contributed by atoms with Gasteiger partial charge in [0.05, 0.1) is 6.61 Å². The fourth-order valence-electron chi connectivity index (χ4n) is 3.78. The molecule has 1 aliphatic carbocycles. The lowest BCUT2D eigenvalue weighted by molar-refractivity contribution is -0.0944. The van der Waals surface area contributed by atoms with Crippen LogP contribution >= 0.6 is 0 Å². The smallest absolute Gasteiger partial charge is 0.200 e. The first-order chi connectivity index (χ1) is 12.8. The highest BCUT2D eigenvalue weighted by Gasteiger charge is 2.17. The van der Waals surface area contributed by atoms with Crippen molar-refractivity contribution in [2.24, 2.45) is 17.3 Å². The van der Waals surface area contributed by atoms with Crippen LogP contribution in [0.5, 0.6) is 5.75 Å². The molecule has 0 saturated heterocycles. The van der Waals surface area contributed by atoms with Gasteiger partial charge in [-0.25, -0.2) is 0 Å². The zero-order valence-electron chi connectivity index (χ0n) is 18.4. The van der Waals surface area contributed by atoms with E-state index >= 15 is 0 Å². The van der Waals surface area contributed by atoms with Gasteiger partial charge in [-0.2, -0.15) is 0 Å². The molecule has 1 unspecified atom stereocenters. The summed E-state index contributed by atoms with van der Waals surface area (Å²) in [5, 5.41) is 0. The Hall–Kier alpha value is -1.02. The Morgan fingerprint density at radius 3 is 2.26 bits per heavy atom. The maximum Gasteiger partial charge on any atom is 0.200 e. The zero-order chi connectivity index (χ0) is 19.7. The number of rotatable bonds is 10. The summed E-state index contributed by atoms with van der Waals surface area (Å²) < 4.78 is 12.4. The van der Waals surface area contributed by atoms with Gasteiger partial charge in [0, 0.05) is 6.42 Å². The molecule has 0 heterocycles. The maximum atomic E-state index is 6.19. The first kappa shape index (κ1) is 22.3. The minimum atomic E-state index is -0.131. The second-order valence-electron chi connectivity index (χ2n) is 10.0. The minimum Gasteiger partial charge on any atom is -0.465 e. The van der Waals surface area contributed by atoms with Crippen LogP contribution in [0.3, 0.4) is 0 Å². The van der Waals surface area contributed by atoms with E-state index in [4.69, 9.17) is 9.47 Å². The monoisotopic (exact) mass is 374 g/mol. The summed E-state index contributed by atoms with van der Waals surface area (Å²) in [7, 11) is 0. The van der Waals surface area contributed by atoms with E-state index in [1.807, 2.05) is 0 Å². The van der Waals surface area contributed by atoms with Gasteiger partial charge in [0.15, 0.2) is 6.29 Å². The van der Waals surface area contributed by atoms with Gasteiger partial charge in [-0.3, -0.25) is 0 Å². The van der Waals surface area contributed by atoms with Crippen LogP contribution in [0.15, 0.2) is 24.3 Å². The minimum absolute atomic E-state index is 0.131. The largest absolute Gasteiger partial charge is 0.465 e. The van der Waals surface area contributed by atoms with Gasteiger partial charge in [-0.15, -0.1) is 0 Å². The van der Waals surface area contributed by atoms with Crippen molar-refractivity contribution in [1.82, 2.24) is 0 Å². The molecule has 2 heteroatoms. The molecule has 1 saturated carbocycles. The van der Waals surface area contributed by atoms with Crippen molar-refractivity contribution < 1.29 is 9.47 Å². The van der Waals surface area contributed by atoms with E-state index in [1.165, 1.54) is 50.5 Å². The summed E-state index contributed by atoms with van der Waals surface area (Å²) in [5.41, 5.74) is 1.76. The summed E-state index contributed by atoms with van der Waals surface area (Å²) in [5.74, 6) is 2.36. The number of benzene rings is 1. The maximum absolute atomic E-state index is 6.19. The predicted octanol–water partition coefficient (Wildman–Crippen LogP) is 7.40. The lowest BCUT2D eigenvalue weighted by Gasteiger charge is -2.25. The van der Waals surface area contributed by atoms with E-state index in [0.29, 0.717) is 11.3 Å². The normalized spacial score (nSPS) is 17.3. The Kier molecular flexibility index (Phi) is 9.15. The number of aryl methyl sites for hydroxylation is 1. The van der Waals surface area contributed by atoms with E-state index < -0.39 is 0 Å². The van der Waals surface area contributed by atoms with Gasteiger partial charge in [0.25, 0.3) is 0 Å². The Bertz CT molecular complexity index is 506. The van der Waals surface area contributed by atoms with Crippen LogP contribution in [0.1, 0.15) is 91.5 Å². The highest BCUT2D eigenvalue weighted by atomic mass is 16.7. The Morgan fingerprint density at radius 1 is 1.00 bits per heavy atom. The molecule has 1 aromatic carbocycles. The van der Waals surface area contributed by atoms with Crippen LogP contribution in [0.25, 0.3) is 0 Å². The van der Waals surface area contributed by atoms with Crippen LogP contribution in [-0.4, -0.2) is 12.9 Å². The molecule has 27 heavy (non-hydrogen) atoms. The SMILES string of the molecule is CC(C)CC(OCCC1CCCCC1)Oc1ccc(CCC(C)(C)C)cc1. The molecule has 2 rings (SSSR count). The summed E-state index contributed by atoms with van der Waals surface area (Å²) in [6, 6.07) is 8.62. The third-order valence-corrected chi connectivity index (χ3v) is 5.57. The van der Waals surface area contributed by atoms with Gasteiger partial charge in [0.1, 0.15) is 5.75 Å². The molecule has 0 amide bonds. The van der Waals surface area contributed by atoms with Crippen molar-refractivity contribution in [3.05, 3.63) is 29.8 Å². The first-order valence-electron chi connectivity index (χ1n) is 11.2. The predicted molar refractivity (Wildman–Crippen MR) is 115 cm³/mol. The summed E-state index contributed by atoms with van der Waals surface area (Å²) in [4.78, 5) is 0. The van der Waals surface area contributed by atoms with E-state index in [0.717, 1.165) is 31.1 Å². The van der Waals surface area contributed by atoms with Crippen molar-refractivity contribution in [1.29, 1.82) is 0 Å². The average molecular weight is 375 g/mol. The highest BCUT2D eigenvalue weighted by Crippen LogP contribution is 2.27. The Labute approximate surface area is 168 Å². The van der Waals surface area contributed by atoms with Gasteiger partial charge in [-0.05, 0) is 54.2 Å². The Balaban J connectivity index is 1.81. The molecular formula is C25H42O2. The molecule has 1 fully saturated rings. The molecule has 154 valence electrons. The van der Waals surface area contributed by atoms with E-state index in [2.05, 4.69) is 58.9 Å². The first-order valence-corrected chi connectivity index (χ1v) is 11.2. The van der Waals surface area contributed by atoms with Gasteiger partial charge in [-0.1, -0.05) is 78.9 Å². The fraction of sp³-hybridized carbons (Fsp3) is 0.760. The van der Waals surface area contributed by atoms with E-state index in [-0.39, 0.29) is 6.29 Å². The third-order valence-electron chi connectivity index (χ3n) is 5.57. The number of hydrogen-bond acceptors (Lipinski definition) is 2. The number of hydrogen-bond donors (Lipinski definition) is 0. The van der Waals surface area contributed by atoms with Crippen LogP contribution in [-0.2, 0) is 11.2 Å². The second-order valence-corrected chi connectivity index (χ2v) is 10.0. The van der Waals surface area contributed by atoms with Gasteiger partial charge >= 0.3 is 0 Å². The van der Waals surface area contributed by atoms with E-state index in [1.54, 1.807) is 0 Å². The standard InChI is InChI=1S/C25H42O2/c1-20(2)19-24(26-18-16-21-9-7-6-8-10-21)27-23-13-11-22(12-14-23)15-17-25(3,4)5/h11-14,20-21,24H,6-10,15-19H2,1-5H3. The molecule has 1 aliphatic rings. The molecule has 0 spiro atoms. The van der Waals surface area contributed by atoms with Crippen molar-refractivity contribution in [2.75, 3.05) is 6.61 Å². The summed E-state index contributed by atoms with van der Waals surface area (Å²) >= 11 is 0. The molecular weight excluding hydrogens is 332 g/mol. The average Bonchev–Trinajstić information content (AvgIpc) is 2.61. The van der Waals surface area contributed by atoms with Crippen molar-refractivity contribution >= 4 is 0 Å². The van der Waals surface area contributed by atoms with Gasteiger partial charge < -0.3 is 9.47 Å². The molecule has 0 aliphatic heterocycles. The summed E-state index contributed by atoms with van der Waals surface area (Å²) in [6.07, 6.45) is 11.3. The van der Waals surface area contributed by atoms with Crippen molar-refractivity contribution in [3.63, 3.8) is 0 Å². The highest BCUT2D eigenvalue weighted by molar-refractivity contribution is 5.27. The lowest BCUT2D eigenvalue weighted by Crippen LogP contribution is -2.24. The molecule has 0 radical (unpaired) electrons. The molecule has 1 atom stereocenters. The van der Waals surface area contributed by atoms with Crippen molar-refractivity contribution in [3.8, 4) is 5.75 Å². The third kappa shape index (κ3) is 9.65. The van der Waals surface area contributed by atoms with E-state index in [9.17, 15) is 0 Å². The second kappa shape index (κ2) is 11.1. The molecule has 0 aromatic heterocycles. The molecule has 2 nitrogen and oxygen atoms in total. The Morgan fingerprint density at radius 2 is 1.67 bits per heavy atom. The molecule has 1 aromatic rings.